The zero-order chi connectivity index (χ0) is 12.7. The van der Waals surface area contributed by atoms with Crippen molar-refractivity contribution in [1.82, 2.24) is 5.32 Å². The topological polar surface area (TPSA) is 83.5 Å². The predicted octanol–water partition coefficient (Wildman–Crippen LogP) is 0.647. The van der Waals surface area contributed by atoms with Crippen LogP contribution < -0.4 is 5.32 Å². The fourth-order valence-electron chi connectivity index (χ4n) is 1.05. The molecule has 90 valence electrons. The van der Waals surface area contributed by atoms with Crippen molar-refractivity contribution in [3.05, 3.63) is 35.9 Å². The molecule has 0 saturated heterocycles. The first-order chi connectivity index (χ1) is 8.09. The summed E-state index contributed by atoms with van der Waals surface area (Å²) in [7, 11) is 0. The fourth-order valence-corrected chi connectivity index (χ4v) is 1.84. The van der Waals surface area contributed by atoms with E-state index in [2.05, 4.69) is 0 Å². The number of nitrogens with one attached hydrogen (secondary N) is 1. The minimum Gasteiger partial charge on any atom is -0.474 e. The summed E-state index contributed by atoms with van der Waals surface area (Å²) in [5.74, 6) is -2.87. The van der Waals surface area contributed by atoms with Gasteiger partial charge in [0.15, 0.2) is 0 Å². The van der Waals surface area contributed by atoms with Crippen LogP contribution in [0, 0.1) is 0 Å². The van der Waals surface area contributed by atoms with Gasteiger partial charge in [-0.1, -0.05) is 30.3 Å². The second kappa shape index (κ2) is 6.70. The van der Waals surface area contributed by atoms with Crippen LogP contribution >= 0.6 is 11.8 Å². The molecule has 0 fully saturated rings. The molecule has 5 nitrogen and oxygen atoms in total. The van der Waals surface area contributed by atoms with E-state index >= 15 is 0 Å². The molecular formula is C11H11NO4S. The van der Waals surface area contributed by atoms with Crippen molar-refractivity contribution in [2.75, 3.05) is 5.75 Å². The zero-order valence-corrected chi connectivity index (χ0v) is 9.70. The summed E-state index contributed by atoms with van der Waals surface area (Å²) in [5, 5.41) is 10.0. The average Bonchev–Trinajstić information content (AvgIpc) is 2.30. The van der Waals surface area contributed by atoms with E-state index in [1.807, 2.05) is 30.3 Å². The Morgan fingerprint density at radius 2 is 1.82 bits per heavy atom. The highest BCUT2D eigenvalue weighted by molar-refractivity contribution is 7.99. The Hall–Kier alpha value is -1.82. The van der Waals surface area contributed by atoms with Gasteiger partial charge in [-0.05, 0) is 5.56 Å². The molecule has 0 atom stereocenters. The van der Waals surface area contributed by atoms with E-state index < -0.39 is 17.8 Å². The van der Waals surface area contributed by atoms with Gasteiger partial charge in [-0.2, -0.15) is 0 Å². The van der Waals surface area contributed by atoms with E-state index in [1.165, 1.54) is 11.8 Å². The Bertz CT molecular complexity index is 419. The van der Waals surface area contributed by atoms with E-state index in [0.717, 1.165) is 5.56 Å². The van der Waals surface area contributed by atoms with Gasteiger partial charge >= 0.3 is 11.9 Å². The van der Waals surface area contributed by atoms with Gasteiger partial charge in [0, 0.05) is 5.75 Å². The van der Waals surface area contributed by atoms with Crippen molar-refractivity contribution in [2.24, 2.45) is 0 Å². The SMILES string of the molecule is O=C(CSCc1ccccc1)NC(=O)C(=O)O. The highest BCUT2D eigenvalue weighted by Crippen LogP contribution is 2.10. The summed E-state index contributed by atoms with van der Waals surface area (Å²) in [5.41, 5.74) is 1.06. The van der Waals surface area contributed by atoms with Crippen LogP contribution in [0.2, 0.25) is 0 Å². The summed E-state index contributed by atoms with van der Waals surface area (Å²) in [6.07, 6.45) is 0. The summed E-state index contributed by atoms with van der Waals surface area (Å²) < 4.78 is 0. The van der Waals surface area contributed by atoms with Crippen LogP contribution in [0.5, 0.6) is 0 Å². The number of aliphatic carboxylic acids is 1. The molecule has 0 bridgehead atoms. The van der Waals surface area contributed by atoms with Crippen molar-refractivity contribution in [3.63, 3.8) is 0 Å². The van der Waals surface area contributed by atoms with Gasteiger partial charge in [-0.15, -0.1) is 11.8 Å². The molecule has 1 rings (SSSR count). The number of rotatable bonds is 4. The zero-order valence-electron chi connectivity index (χ0n) is 8.88. The summed E-state index contributed by atoms with van der Waals surface area (Å²) >= 11 is 1.31. The number of benzene rings is 1. The molecule has 2 N–H and O–H groups in total. The molecule has 1 aromatic rings. The molecule has 0 heterocycles. The van der Waals surface area contributed by atoms with Gasteiger partial charge in [-0.3, -0.25) is 14.9 Å². The van der Waals surface area contributed by atoms with Gasteiger partial charge < -0.3 is 5.11 Å². The number of imide groups is 1. The standard InChI is InChI=1S/C11H11NO4S/c13-9(12-10(14)11(15)16)7-17-6-8-4-2-1-3-5-8/h1-5H,6-7H2,(H,15,16)(H,12,13,14). The molecule has 6 heteroatoms. The van der Waals surface area contributed by atoms with E-state index in [1.54, 1.807) is 5.32 Å². The Kier molecular flexibility index (Phi) is 5.22. The van der Waals surface area contributed by atoms with Crippen molar-refractivity contribution in [2.45, 2.75) is 5.75 Å². The third-order valence-corrected chi connectivity index (χ3v) is 2.80. The number of carbonyl (C=O) groups is 3. The van der Waals surface area contributed by atoms with Gasteiger partial charge in [-0.25, -0.2) is 4.79 Å². The van der Waals surface area contributed by atoms with E-state index in [4.69, 9.17) is 5.11 Å². The van der Waals surface area contributed by atoms with Gasteiger partial charge in [0.25, 0.3) is 0 Å². The largest absolute Gasteiger partial charge is 0.474 e. The number of carbonyl (C=O) groups excluding carboxylic acids is 2. The molecule has 0 spiro atoms. The maximum Gasteiger partial charge on any atom is 0.394 e. The maximum absolute atomic E-state index is 11.1. The van der Waals surface area contributed by atoms with Crippen LogP contribution in [0.3, 0.4) is 0 Å². The van der Waals surface area contributed by atoms with Gasteiger partial charge in [0.05, 0.1) is 5.75 Å². The van der Waals surface area contributed by atoms with Crippen LogP contribution in [0.4, 0.5) is 0 Å². The molecule has 0 aliphatic heterocycles. The quantitative estimate of drug-likeness (QED) is 0.770. The van der Waals surface area contributed by atoms with E-state index in [-0.39, 0.29) is 5.75 Å². The molecule has 0 saturated carbocycles. The highest BCUT2D eigenvalue weighted by atomic mass is 32.2. The van der Waals surface area contributed by atoms with Crippen molar-refractivity contribution < 1.29 is 19.5 Å². The molecule has 0 aromatic heterocycles. The Morgan fingerprint density at radius 1 is 1.18 bits per heavy atom. The van der Waals surface area contributed by atoms with Crippen LogP contribution in [-0.2, 0) is 20.1 Å². The molecule has 0 aliphatic rings. The van der Waals surface area contributed by atoms with E-state index in [9.17, 15) is 14.4 Å². The maximum atomic E-state index is 11.1. The normalized spacial score (nSPS) is 9.65. The monoisotopic (exact) mass is 253 g/mol. The van der Waals surface area contributed by atoms with Crippen molar-refractivity contribution in [3.8, 4) is 0 Å². The number of carboxylic acids is 1. The third kappa shape index (κ3) is 5.17. The molecule has 0 aliphatic carbocycles. The number of amides is 2. The smallest absolute Gasteiger partial charge is 0.394 e. The lowest BCUT2D eigenvalue weighted by Crippen LogP contribution is -2.36. The second-order valence-electron chi connectivity index (χ2n) is 3.16. The van der Waals surface area contributed by atoms with E-state index in [0.29, 0.717) is 5.75 Å². The lowest BCUT2D eigenvalue weighted by molar-refractivity contribution is -0.151. The fraction of sp³-hybridized carbons (Fsp3) is 0.182. The molecule has 2 amide bonds. The Labute approximate surface area is 102 Å². The molecular weight excluding hydrogens is 242 g/mol. The summed E-state index contributed by atoms with van der Waals surface area (Å²) in [6, 6.07) is 9.53. The Balaban J connectivity index is 2.25. The lowest BCUT2D eigenvalue weighted by atomic mass is 10.2. The van der Waals surface area contributed by atoms with Crippen molar-refractivity contribution >= 4 is 29.5 Å². The first-order valence-corrected chi connectivity index (χ1v) is 5.94. The van der Waals surface area contributed by atoms with Gasteiger partial charge in [0.2, 0.25) is 5.91 Å². The third-order valence-electron chi connectivity index (χ3n) is 1.79. The Morgan fingerprint density at radius 3 is 2.41 bits per heavy atom. The lowest BCUT2D eigenvalue weighted by Gasteiger charge is -2.01. The molecule has 1 aromatic carbocycles. The first kappa shape index (κ1) is 13.2. The minimum atomic E-state index is -1.66. The van der Waals surface area contributed by atoms with Crippen LogP contribution in [-0.4, -0.2) is 28.6 Å². The van der Waals surface area contributed by atoms with Gasteiger partial charge in [0.1, 0.15) is 0 Å². The number of hydrogen-bond donors (Lipinski definition) is 2. The number of carboxylic acid groups (broad SMARTS) is 1. The summed E-state index contributed by atoms with van der Waals surface area (Å²) in [6.45, 7) is 0. The minimum absolute atomic E-state index is 0.0495. The number of hydrogen-bond acceptors (Lipinski definition) is 4. The first-order valence-electron chi connectivity index (χ1n) is 4.78. The summed E-state index contributed by atoms with van der Waals surface area (Å²) in [4.78, 5) is 31.9. The van der Waals surface area contributed by atoms with Crippen LogP contribution in [0.25, 0.3) is 0 Å². The van der Waals surface area contributed by atoms with Crippen molar-refractivity contribution in [1.29, 1.82) is 0 Å². The van der Waals surface area contributed by atoms with Crippen LogP contribution in [0.1, 0.15) is 5.56 Å². The molecule has 17 heavy (non-hydrogen) atoms. The predicted molar refractivity (Wildman–Crippen MR) is 63.4 cm³/mol. The van der Waals surface area contributed by atoms with Crippen LogP contribution in [0.15, 0.2) is 30.3 Å². The molecule has 0 unspecified atom stereocenters. The number of thioether (sulfide) groups is 1. The second-order valence-corrected chi connectivity index (χ2v) is 4.15. The highest BCUT2D eigenvalue weighted by Gasteiger charge is 2.14. The molecule has 0 radical (unpaired) electrons. The average molecular weight is 253 g/mol.